The number of benzene rings is 1. The summed E-state index contributed by atoms with van der Waals surface area (Å²) < 4.78 is 26.4. The standard InChI is InChI=1S/C17H20F2N2O2/c18-13-4-5-15(14(19)10-13)20-16(22)11-6-8-21(9-7-11)17(23)12-2-1-3-12/h4-5,10-12H,1-3,6-9H2,(H,20,22). The van der Waals surface area contributed by atoms with Crippen LogP contribution in [0.5, 0.6) is 0 Å². The van der Waals surface area contributed by atoms with Gasteiger partial charge in [0, 0.05) is 31.0 Å². The van der Waals surface area contributed by atoms with Crippen LogP contribution in [0.4, 0.5) is 14.5 Å². The van der Waals surface area contributed by atoms with Crippen molar-refractivity contribution in [3.63, 3.8) is 0 Å². The highest BCUT2D eigenvalue weighted by Gasteiger charge is 2.33. The number of anilines is 1. The molecule has 6 heteroatoms. The molecule has 0 unspecified atom stereocenters. The number of piperidine rings is 1. The van der Waals surface area contributed by atoms with Crippen molar-refractivity contribution in [3.05, 3.63) is 29.8 Å². The second kappa shape index (κ2) is 6.64. The van der Waals surface area contributed by atoms with Crippen LogP contribution in [0, 0.1) is 23.5 Å². The van der Waals surface area contributed by atoms with Gasteiger partial charge in [0.2, 0.25) is 11.8 Å². The second-order valence-electron chi connectivity index (χ2n) is 6.34. The molecule has 1 heterocycles. The van der Waals surface area contributed by atoms with Crippen LogP contribution >= 0.6 is 0 Å². The van der Waals surface area contributed by atoms with Gasteiger partial charge in [0.15, 0.2) is 0 Å². The van der Waals surface area contributed by atoms with Crippen molar-refractivity contribution in [1.29, 1.82) is 0 Å². The van der Waals surface area contributed by atoms with Gasteiger partial charge in [-0.2, -0.15) is 0 Å². The van der Waals surface area contributed by atoms with Crippen LogP contribution in [0.1, 0.15) is 32.1 Å². The molecular weight excluding hydrogens is 302 g/mol. The van der Waals surface area contributed by atoms with E-state index < -0.39 is 11.6 Å². The highest BCUT2D eigenvalue weighted by atomic mass is 19.1. The molecule has 0 bridgehead atoms. The number of amides is 2. The van der Waals surface area contributed by atoms with E-state index in [1.165, 1.54) is 6.07 Å². The molecule has 0 atom stereocenters. The van der Waals surface area contributed by atoms with Gasteiger partial charge in [-0.1, -0.05) is 6.42 Å². The quantitative estimate of drug-likeness (QED) is 0.930. The number of likely N-dealkylation sites (tertiary alicyclic amines) is 1. The Morgan fingerprint density at radius 1 is 1.04 bits per heavy atom. The van der Waals surface area contributed by atoms with E-state index in [2.05, 4.69) is 5.32 Å². The number of rotatable bonds is 3. The molecule has 2 fully saturated rings. The first-order chi connectivity index (χ1) is 11.0. The van der Waals surface area contributed by atoms with E-state index in [-0.39, 0.29) is 29.3 Å². The fraction of sp³-hybridized carbons (Fsp3) is 0.529. The number of nitrogens with one attached hydrogen (secondary N) is 1. The fourth-order valence-corrected chi connectivity index (χ4v) is 3.10. The summed E-state index contributed by atoms with van der Waals surface area (Å²) in [7, 11) is 0. The van der Waals surface area contributed by atoms with Crippen molar-refractivity contribution in [2.45, 2.75) is 32.1 Å². The lowest BCUT2D eigenvalue weighted by Gasteiger charge is -2.36. The molecule has 1 aliphatic carbocycles. The fourth-order valence-electron chi connectivity index (χ4n) is 3.10. The van der Waals surface area contributed by atoms with E-state index in [1.807, 2.05) is 4.90 Å². The van der Waals surface area contributed by atoms with Gasteiger partial charge < -0.3 is 10.2 Å². The van der Waals surface area contributed by atoms with Crippen LogP contribution < -0.4 is 5.32 Å². The van der Waals surface area contributed by atoms with E-state index >= 15 is 0 Å². The summed E-state index contributed by atoms with van der Waals surface area (Å²) >= 11 is 0. The summed E-state index contributed by atoms with van der Waals surface area (Å²) in [5, 5.41) is 2.51. The zero-order chi connectivity index (χ0) is 16.4. The summed E-state index contributed by atoms with van der Waals surface area (Å²) in [6, 6.07) is 3.08. The Morgan fingerprint density at radius 3 is 2.30 bits per heavy atom. The number of halogens is 2. The summed E-state index contributed by atoms with van der Waals surface area (Å²) in [5.41, 5.74) is -0.00984. The third-order valence-electron chi connectivity index (χ3n) is 4.82. The molecule has 1 aromatic rings. The van der Waals surface area contributed by atoms with E-state index in [0.29, 0.717) is 25.9 Å². The Labute approximate surface area is 133 Å². The predicted molar refractivity (Wildman–Crippen MR) is 81.6 cm³/mol. The van der Waals surface area contributed by atoms with Crippen molar-refractivity contribution in [2.75, 3.05) is 18.4 Å². The van der Waals surface area contributed by atoms with Gasteiger partial charge in [-0.3, -0.25) is 9.59 Å². The summed E-state index contributed by atoms with van der Waals surface area (Å²) in [5.74, 6) is -1.59. The average molecular weight is 322 g/mol. The molecule has 1 saturated heterocycles. The summed E-state index contributed by atoms with van der Waals surface area (Å²) in [6.07, 6.45) is 4.23. The number of carbonyl (C=O) groups is 2. The van der Waals surface area contributed by atoms with E-state index in [9.17, 15) is 18.4 Å². The molecule has 4 nitrogen and oxygen atoms in total. The molecule has 0 spiro atoms. The van der Waals surface area contributed by atoms with Crippen molar-refractivity contribution >= 4 is 17.5 Å². The van der Waals surface area contributed by atoms with E-state index in [0.717, 1.165) is 31.4 Å². The molecule has 124 valence electrons. The molecule has 1 saturated carbocycles. The van der Waals surface area contributed by atoms with Gasteiger partial charge in [-0.15, -0.1) is 0 Å². The Bertz CT molecular complexity index is 609. The van der Waals surface area contributed by atoms with Crippen LogP contribution in [0.3, 0.4) is 0 Å². The van der Waals surface area contributed by atoms with Gasteiger partial charge in [0.25, 0.3) is 0 Å². The minimum Gasteiger partial charge on any atom is -0.342 e. The van der Waals surface area contributed by atoms with Crippen LogP contribution in [0.25, 0.3) is 0 Å². The Kier molecular flexibility index (Phi) is 4.59. The number of hydrogen-bond acceptors (Lipinski definition) is 2. The van der Waals surface area contributed by atoms with E-state index in [4.69, 9.17) is 0 Å². The molecule has 2 aliphatic rings. The Morgan fingerprint density at radius 2 is 1.74 bits per heavy atom. The maximum atomic E-state index is 13.6. The molecule has 1 aromatic carbocycles. The third kappa shape index (κ3) is 3.51. The highest BCUT2D eigenvalue weighted by molar-refractivity contribution is 5.93. The minimum absolute atomic E-state index is 0.00984. The zero-order valence-electron chi connectivity index (χ0n) is 12.9. The Balaban J connectivity index is 1.52. The van der Waals surface area contributed by atoms with Gasteiger partial charge in [0.05, 0.1) is 5.69 Å². The molecule has 0 radical (unpaired) electrons. The van der Waals surface area contributed by atoms with Crippen molar-refractivity contribution in [3.8, 4) is 0 Å². The lowest BCUT2D eigenvalue weighted by Crippen LogP contribution is -2.45. The first kappa shape index (κ1) is 15.9. The first-order valence-electron chi connectivity index (χ1n) is 8.09. The second-order valence-corrected chi connectivity index (χ2v) is 6.34. The molecule has 1 N–H and O–H groups in total. The van der Waals surface area contributed by atoms with Crippen LogP contribution in [0.2, 0.25) is 0 Å². The Hall–Kier alpha value is -1.98. The monoisotopic (exact) mass is 322 g/mol. The molecule has 3 rings (SSSR count). The third-order valence-corrected chi connectivity index (χ3v) is 4.82. The van der Waals surface area contributed by atoms with Crippen LogP contribution in [-0.4, -0.2) is 29.8 Å². The molecular formula is C17H20F2N2O2. The zero-order valence-corrected chi connectivity index (χ0v) is 12.9. The van der Waals surface area contributed by atoms with Crippen molar-refractivity contribution < 1.29 is 18.4 Å². The van der Waals surface area contributed by atoms with E-state index in [1.54, 1.807) is 0 Å². The van der Waals surface area contributed by atoms with Gasteiger partial charge in [-0.25, -0.2) is 8.78 Å². The van der Waals surface area contributed by atoms with Crippen molar-refractivity contribution in [2.24, 2.45) is 11.8 Å². The molecule has 1 aliphatic heterocycles. The lowest BCUT2D eigenvalue weighted by molar-refractivity contribution is -0.140. The SMILES string of the molecule is O=C(Nc1ccc(F)cc1F)C1CCN(C(=O)C2CCC2)CC1. The predicted octanol–water partition coefficient (Wildman–Crippen LogP) is 2.94. The molecule has 23 heavy (non-hydrogen) atoms. The van der Waals surface area contributed by atoms with Gasteiger partial charge in [-0.05, 0) is 37.8 Å². The van der Waals surface area contributed by atoms with Crippen molar-refractivity contribution in [1.82, 2.24) is 4.90 Å². The lowest BCUT2D eigenvalue weighted by atomic mass is 9.83. The maximum Gasteiger partial charge on any atom is 0.227 e. The normalized spacial score (nSPS) is 19.3. The number of hydrogen-bond donors (Lipinski definition) is 1. The molecule has 0 aromatic heterocycles. The summed E-state index contributed by atoms with van der Waals surface area (Å²) in [4.78, 5) is 26.2. The maximum absolute atomic E-state index is 13.6. The average Bonchev–Trinajstić information content (AvgIpc) is 2.48. The van der Waals surface area contributed by atoms with Gasteiger partial charge >= 0.3 is 0 Å². The van der Waals surface area contributed by atoms with Gasteiger partial charge in [0.1, 0.15) is 11.6 Å². The largest absolute Gasteiger partial charge is 0.342 e. The molecule has 2 amide bonds. The minimum atomic E-state index is -0.782. The van der Waals surface area contributed by atoms with Crippen LogP contribution in [0.15, 0.2) is 18.2 Å². The summed E-state index contributed by atoms with van der Waals surface area (Å²) in [6.45, 7) is 1.14. The number of nitrogens with zero attached hydrogens (tertiary/aromatic N) is 1. The first-order valence-corrected chi connectivity index (χ1v) is 8.09. The highest BCUT2D eigenvalue weighted by Crippen LogP contribution is 2.30. The van der Waals surface area contributed by atoms with Crippen LogP contribution in [-0.2, 0) is 9.59 Å². The smallest absolute Gasteiger partial charge is 0.227 e. The topological polar surface area (TPSA) is 49.4 Å². The number of carbonyl (C=O) groups excluding carboxylic acids is 2.